The van der Waals surface area contributed by atoms with Gasteiger partial charge in [0.25, 0.3) is 0 Å². The summed E-state index contributed by atoms with van der Waals surface area (Å²) in [5.74, 6) is 0.817. The Morgan fingerprint density at radius 3 is 2.91 bits per heavy atom. The van der Waals surface area contributed by atoms with Gasteiger partial charge in [-0.05, 0) is 36.8 Å². The van der Waals surface area contributed by atoms with Crippen LogP contribution in [0.5, 0.6) is 0 Å². The first kappa shape index (κ1) is 15.6. The first-order valence-corrected chi connectivity index (χ1v) is 9.18. The van der Waals surface area contributed by atoms with E-state index in [1.807, 2.05) is 18.5 Å². The smallest absolute Gasteiger partial charge is 0.0959 e. The molecule has 0 radical (unpaired) electrons. The van der Waals surface area contributed by atoms with Gasteiger partial charge in [-0.25, -0.2) is 0 Å². The number of pyridine rings is 1. The zero-order valence-electron chi connectivity index (χ0n) is 14.0. The summed E-state index contributed by atoms with van der Waals surface area (Å²) in [6.45, 7) is 4.87. The number of hydrogen-bond acceptors (Lipinski definition) is 4. The van der Waals surface area contributed by atoms with Crippen molar-refractivity contribution in [3.63, 3.8) is 0 Å². The lowest BCUT2D eigenvalue weighted by atomic mass is 9.84. The Balaban J connectivity index is 1.23. The van der Waals surface area contributed by atoms with E-state index in [-0.39, 0.29) is 5.60 Å². The van der Waals surface area contributed by atoms with Crippen molar-refractivity contribution in [3.05, 3.63) is 30.1 Å². The fourth-order valence-corrected chi connectivity index (χ4v) is 4.43. The van der Waals surface area contributed by atoms with Crippen LogP contribution in [-0.2, 0) is 16.0 Å². The van der Waals surface area contributed by atoms with Gasteiger partial charge in [0, 0.05) is 51.7 Å². The molecule has 3 aliphatic rings. The molecule has 3 heterocycles. The molecule has 1 aliphatic carbocycles. The van der Waals surface area contributed by atoms with E-state index in [1.54, 1.807) is 0 Å². The summed E-state index contributed by atoms with van der Waals surface area (Å²) < 4.78 is 12.4. The Hall–Kier alpha value is -0.970. The van der Waals surface area contributed by atoms with Crippen LogP contribution in [0.2, 0.25) is 0 Å². The number of hydrogen-bond donors (Lipinski definition) is 0. The molecular formula is C19H28N2O2. The molecule has 0 aromatic carbocycles. The van der Waals surface area contributed by atoms with Gasteiger partial charge >= 0.3 is 0 Å². The van der Waals surface area contributed by atoms with Gasteiger partial charge in [-0.3, -0.25) is 9.88 Å². The van der Waals surface area contributed by atoms with Gasteiger partial charge in [0.1, 0.15) is 0 Å². The molecule has 3 fully saturated rings. The van der Waals surface area contributed by atoms with E-state index < -0.39 is 0 Å². The summed E-state index contributed by atoms with van der Waals surface area (Å²) in [5.41, 5.74) is 1.34. The second kappa shape index (κ2) is 6.88. The predicted octanol–water partition coefficient (Wildman–Crippen LogP) is 3.02. The van der Waals surface area contributed by atoms with Crippen molar-refractivity contribution in [1.82, 2.24) is 9.88 Å². The van der Waals surface area contributed by atoms with E-state index >= 15 is 0 Å². The Bertz CT molecular complexity index is 495. The zero-order valence-corrected chi connectivity index (χ0v) is 14.0. The van der Waals surface area contributed by atoms with Crippen molar-refractivity contribution in [3.8, 4) is 0 Å². The second-order valence-corrected chi connectivity index (χ2v) is 7.64. The standard InChI is InChI=1S/C19H28N2O2/c1-2-5-16(4-1)13-22-18-7-9-23-19(10-18)14-21(15-19)12-17-6-3-8-20-11-17/h3,6,8,11,16,18H,1-2,4-5,7,9-10,12-15H2/t18-/m0/s1. The van der Waals surface area contributed by atoms with Crippen LogP contribution in [0.25, 0.3) is 0 Å². The third-order valence-electron chi connectivity index (χ3n) is 5.64. The maximum atomic E-state index is 6.24. The quantitative estimate of drug-likeness (QED) is 0.836. The van der Waals surface area contributed by atoms with Crippen molar-refractivity contribution in [1.29, 1.82) is 0 Å². The monoisotopic (exact) mass is 316 g/mol. The minimum atomic E-state index is 0.0564. The highest BCUT2D eigenvalue weighted by Gasteiger charge is 2.47. The van der Waals surface area contributed by atoms with Gasteiger partial charge in [-0.2, -0.15) is 0 Å². The van der Waals surface area contributed by atoms with Gasteiger partial charge in [0.05, 0.1) is 11.7 Å². The third-order valence-corrected chi connectivity index (χ3v) is 5.64. The average molecular weight is 316 g/mol. The summed E-state index contributed by atoms with van der Waals surface area (Å²) in [7, 11) is 0. The summed E-state index contributed by atoms with van der Waals surface area (Å²) >= 11 is 0. The minimum Gasteiger partial charge on any atom is -0.378 e. The summed E-state index contributed by atoms with van der Waals surface area (Å²) in [6.07, 6.45) is 11.9. The summed E-state index contributed by atoms with van der Waals surface area (Å²) in [6, 6.07) is 4.15. The molecule has 126 valence electrons. The molecule has 1 atom stereocenters. The first-order chi connectivity index (χ1) is 11.3. The Labute approximate surface area is 139 Å². The molecule has 0 N–H and O–H groups in total. The highest BCUT2D eigenvalue weighted by atomic mass is 16.5. The molecule has 1 aromatic rings. The van der Waals surface area contributed by atoms with Gasteiger partial charge in [0.15, 0.2) is 0 Å². The molecule has 0 amide bonds. The number of ether oxygens (including phenoxy) is 2. The molecule has 0 unspecified atom stereocenters. The van der Waals surface area contributed by atoms with E-state index in [0.29, 0.717) is 6.10 Å². The molecule has 2 saturated heterocycles. The molecule has 1 aromatic heterocycles. The van der Waals surface area contributed by atoms with E-state index in [1.165, 1.54) is 31.2 Å². The van der Waals surface area contributed by atoms with Gasteiger partial charge < -0.3 is 9.47 Å². The molecule has 1 spiro atoms. The van der Waals surface area contributed by atoms with E-state index in [2.05, 4.69) is 16.0 Å². The average Bonchev–Trinajstić information content (AvgIpc) is 3.06. The van der Waals surface area contributed by atoms with Crippen LogP contribution in [0.4, 0.5) is 0 Å². The molecule has 2 aliphatic heterocycles. The number of nitrogens with zero attached hydrogens (tertiary/aromatic N) is 2. The van der Waals surface area contributed by atoms with Gasteiger partial charge in [-0.15, -0.1) is 0 Å². The van der Waals surface area contributed by atoms with Crippen molar-refractivity contribution in [2.75, 3.05) is 26.3 Å². The number of aromatic nitrogens is 1. The van der Waals surface area contributed by atoms with Crippen LogP contribution in [0.15, 0.2) is 24.5 Å². The summed E-state index contributed by atoms with van der Waals surface area (Å²) in [4.78, 5) is 6.65. The van der Waals surface area contributed by atoms with Crippen molar-refractivity contribution in [2.45, 2.75) is 56.8 Å². The van der Waals surface area contributed by atoms with E-state index in [0.717, 1.165) is 51.6 Å². The molecule has 0 bridgehead atoms. The number of likely N-dealkylation sites (tertiary alicyclic amines) is 1. The Morgan fingerprint density at radius 1 is 1.26 bits per heavy atom. The van der Waals surface area contributed by atoms with Crippen LogP contribution in [-0.4, -0.2) is 47.9 Å². The minimum absolute atomic E-state index is 0.0564. The normalized spacial score (nSPS) is 28.1. The fraction of sp³-hybridized carbons (Fsp3) is 0.737. The molecule has 4 nitrogen and oxygen atoms in total. The van der Waals surface area contributed by atoms with Crippen LogP contribution < -0.4 is 0 Å². The Kier molecular flexibility index (Phi) is 4.65. The maximum Gasteiger partial charge on any atom is 0.0959 e. The van der Waals surface area contributed by atoms with Crippen molar-refractivity contribution < 1.29 is 9.47 Å². The highest BCUT2D eigenvalue weighted by molar-refractivity contribution is 5.11. The molecular weight excluding hydrogens is 288 g/mol. The third kappa shape index (κ3) is 3.76. The molecule has 1 saturated carbocycles. The lowest BCUT2D eigenvalue weighted by Gasteiger charge is -2.53. The molecule has 4 rings (SSSR count). The highest BCUT2D eigenvalue weighted by Crippen LogP contribution is 2.36. The van der Waals surface area contributed by atoms with Gasteiger partial charge in [0.2, 0.25) is 0 Å². The summed E-state index contributed by atoms with van der Waals surface area (Å²) in [5, 5.41) is 0. The molecule has 4 heteroatoms. The lowest BCUT2D eigenvalue weighted by molar-refractivity contribution is -0.200. The largest absolute Gasteiger partial charge is 0.378 e. The fourth-order valence-electron chi connectivity index (χ4n) is 4.43. The van der Waals surface area contributed by atoms with Gasteiger partial charge in [-0.1, -0.05) is 18.9 Å². The number of rotatable bonds is 5. The van der Waals surface area contributed by atoms with E-state index in [4.69, 9.17) is 9.47 Å². The van der Waals surface area contributed by atoms with E-state index in [9.17, 15) is 0 Å². The first-order valence-electron chi connectivity index (χ1n) is 9.18. The lowest BCUT2D eigenvalue weighted by Crippen LogP contribution is -2.65. The van der Waals surface area contributed by atoms with Crippen LogP contribution in [0, 0.1) is 5.92 Å². The molecule has 23 heavy (non-hydrogen) atoms. The Morgan fingerprint density at radius 2 is 2.13 bits per heavy atom. The SMILES string of the molecule is c1cncc(CN2CC3(C[C@@H](OCC4CCCC4)CCO3)C2)c1. The predicted molar refractivity (Wildman–Crippen MR) is 89.1 cm³/mol. The maximum absolute atomic E-state index is 6.24. The van der Waals surface area contributed by atoms with Crippen LogP contribution >= 0.6 is 0 Å². The van der Waals surface area contributed by atoms with Crippen LogP contribution in [0.3, 0.4) is 0 Å². The van der Waals surface area contributed by atoms with Crippen molar-refractivity contribution in [2.24, 2.45) is 5.92 Å². The zero-order chi connectivity index (χ0) is 15.5. The topological polar surface area (TPSA) is 34.6 Å². The van der Waals surface area contributed by atoms with Crippen LogP contribution in [0.1, 0.15) is 44.1 Å². The van der Waals surface area contributed by atoms with Crippen molar-refractivity contribution >= 4 is 0 Å². The second-order valence-electron chi connectivity index (χ2n) is 7.64.